The molecule has 0 saturated carbocycles. The maximum absolute atomic E-state index is 13.8. The molecule has 0 aliphatic heterocycles. The van der Waals surface area contributed by atoms with E-state index in [9.17, 15) is 9.18 Å². The van der Waals surface area contributed by atoms with E-state index in [0.717, 1.165) is 0 Å². The van der Waals surface area contributed by atoms with Gasteiger partial charge >= 0.3 is 0 Å². The van der Waals surface area contributed by atoms with Crippen LogP contribution in [0.5, 0.6) is 5.75 Å². The Morgan fingerprint density at radius 2 is 2.12 bits per heavy atom. The molecule has 3 aromatic rings. The van der Waals surface area contributed by atoms with Crippen molar-refractivity contribution < 1.29 is 9.13 Å². The number of ether oxygens (including phenoxy) is 1. The Morgan fingerprint density at radius 1 is 1.36 bits per heavy atom. The lowest BCUT2D eigenvalue weighted by Crippen LogP contribution is -2.24. The molecule has 0 bridgehead atoms. The molecule has 2 aromatic heterocycles. The first-order valence-corrected chi connectivity index (χ1v) is 7.84. The standard InChI is InChI=1S/C17H20FN5O2/c1-17(2,3)23-14-11(9-20-23)15(24)22-16(21-14)19-8-10-5-6-13(25-4)12(18)7-10/h5-7,9H,8H2,1-4H3,(H2,19,21,22,24). The lowest BCUT2D eigenvalue weighted by molar-refractivity contribution is 0.366. The highest BCUT2D eigenvalue weighted by Crippen LogP contribution is 2.20. The summed E-state index contributed by atoms with van der Waals surface area (Å²) in [5, 5.41) is 7.70. The van der Waals surface area contributed by atoms with Crippen LogP contribution in [0, 0.1) is 5.82 Å². The molecule has 1 aromatic carbocycles. The molecule has 25 heavy (non-hydrogen) atoms. The number of nitrogens with one attached hydrogen (secondary N) is 2. The first kappa shape index (κ1) is 16.9. The van der Waals surface area contributed by atoms with Crippen molar-refractivity contribution in [1.82, 2.24) is 19.7 Å². The second kappa shape index (κ2) is 6.19. The fraction of sp³-hybridized carbons (Fsp3) is 0.353. The second-order valence-corrected chi connectivity index (χ2v) is 6.70. The summed E-state index contributed by atoms with van der Waals surface area (Å²) in [7, 11) is 1.42. The van der Waals surface area contributed by atoms with Crippen LogP contribution < -0.4 is 15.6 Å². The number of methoxy groups -OCH3 is 1. The van der Waals surface area contributed by atoms with Crippen molar-refractivity contribution in [2.24, 2.45) is 0 Å². The Bertz CT molecular complexity index is 971. The summed E-state index contributed by atoms with van der Waals surface area (Å²) in [6.45, 7) is 6.25. The smallest absolute Gasteiger partial charge is 0.263 e. The van der Waals surface area contributed by atoms with Gasteiger partial charge in [-0.15, -0.1) is 0 Å². The van der Waals surface area contributed by atoms with Gasteiger partial charge in [0.1, 0.15) is 5.39 Å². The molecule has 0 saturated heterocycles. The van der Waals surface area contributed by atoms with Gasteiger partial charge in [-0.3, -0.25) is 9.78 Å². The number of fused-ring (bicyclic) bond motifs is 1. The molecule has 0 fully saturated rings. The van der Waals surface area contributed by atoms with Crippen LogP contribution in [-0.4, -0.2) is 26.9 Å². The van der Waals surface area contributed by atoms with Crippen LogP contribution in [0.2, 0.25) is 0 Å². The first-order chi connectivity index (χ1) is 11.8. The van der Waals surface area contributed by atoms with Gasteiger partial charge < -0.3 is 10.1 Å². The van der Waals surface area contributed by atoms with Gasteiger partial charge in [-0.25, -0.2) is 9.07 Å². The Morgan fingerprint density at radius 3 is 2.76 bits per heavy atom. The SMILES string of the molecule is COc1ccc(CNc2nc3c(cnn3C(C)(C)C)c(=O)[nH]2)cc1F. The van der Waals surface area contributed by atoms with Crippen molar-refractivity contribution >= 4 is 17.0 Å². The highest BCUT2D eigenvalue weighted by atomic mass is 19.1. The largest absolute Gasteiger partial charge is 0.494 e. The molecule has 0 radical (unpaired) electrons. The predicted molar refractivity (Wildman–Crippen MR) is 93.4 cm³/mol. The fourth-order valence-corrected chi connectivity index (χ4v) is 2.50. The summed E-state index contributed by atoms with van der Waals surface area (Å²) < 4.78 is 20.4. The molecule has 0 atom stereocenters. The average molecular weight is 345 g/mol. The number of anilines is 1. The summed E-state index contributed by atoms with van der Waals surface area (Å²) in [6.07, 6.45) is 1.51. The minimum Gasteiger partial charge on any atom is -0.494 e. The van der Waals surface area contributed by atoms with Crippen molar-refractivity contribution in [2.75, 3.05) is 12.4 Å². The highest BCUT2D eigenvalue weighted by molar-refractivity contribution is 5.74. The van der Waals surface area contributed by atoms with Crippen LogP contribution in [0.15, 0.2) is 29.2 Å². The van der Waals surface area contributed by atoms with Crippen LogP contribution in [0.4, 0.5) is 10.3 Å². The summed E-state index contributed by atoms with van der Waals surface area (Å²) in [4.78, 5) is 19.3. The number of hydrogen-bond donors (Lipinski definition) is 2. The van der Waals surface area contributed by atoms with Crippen LogP contribution in [0.25, 0.3) is 11.0 Å². The van der Waals surface area contributed by atoms with Gasteiger partial charge in [-0.2, -0.15) is 10.1 Å². The molecular weight excluding hydrogens is 325 g/mol. The van der Waals surface area contributed by atoms with Crippen molar-refractivity contribution in [2.45, 2.75) is 32.9 Å². The van der Waals surface area contributed by atoms with Crippen molar-refractivity contribution in [3.05, 3.63) is 46.1 Å². The monoisotopic (exact) mass is 345 g/mol. The van der Waals surface area contributed by atoms with Gasteiger partial charge in [0.05, 0.1) is 18.8 Å². The number of rotatable bonds is 4. The number of hydrogen-bond acceptors (Lipinski definition) is 5. The maximum Gasteiger partial charge on any atom is 0.263 e. The van der Waals surface area contributed by atoms with Gasteiger partial charge in [-0.1, -0.05) is 6.07 Å². The van der Waals surface area contributed by atoms with Crippen molar-refractivity contribution in [3.8, 4) is 5.75 Å². The second-order valence-electron chi connectivity index (χ2n) is 6.70. The van der Waals surface area contributed by atoms with E-state index in [1.54, 1.807) is 16.8 Å². The lowest BCUT2D eigenvalue weighted by atomic mass is 10.1. The zero-order valence-electron chi connectivity index (χ0n) is 14.6. The zero-order valence-corrected chi connectivity index (χ0v) is 14.6. The average Bonchev–Trinajstić information content (AvgIpc) is 2.98. The predicted octanol–water partition coefficient (Wildman–Crippen LogP) is 2.63. The normalized spacial score (nSPS) is 11.7. The highest BCUT2D eigenvalue weighted by Gasteiger charge is 2.19. The van der Waals surface area contributed by atoms with Crippen LogP contribution >= 0.6 is 0 Å². The third-order valence-electron chi connectivity index (χ3n) is 3.75. The first-order valence-electron chi connectivity index (χ1n) is 7.84. The van der Waals surface area contributed by atoms with E-state index in [4.69, 9.17) is 4.74 Å². The molecule has 0 amide bonds. The van der Waals surface area contributed by atoms with E-state index >= 15 is 0 Å². The fourth-order valence-electron chi connectivity index (χ4n) is 2.50. The minimum absolute atomic E-state index is 0.186. The van der Waals surface area contributed by atoms with E-state index < -0.39 is 5.82 Å². The van der Waals surface area contributed by atoms with Crippen molar-refractivity contribution in [3.63, 3.8) is 0 Å². The topological polar surface area (TPSA) is 84.8 Å². The molecule has 8 heteroatoms. The van der Waals surface area contributed by atoms with Crippen LogP contribution in [-0.2, 0) is 12.1 Å². The number of benzene rings is 1. The van der Waals surface area contributed by atoms with Crippen molar-refractivity contribution in [1.29, 1.82) is 0 Å². The van der Waals surface area contributed by atoms with E-state index in [2.05, 4.69) is 20.4 Å². The quantitative estimate of drug-likeness (QED) is 0.759. The Labute approximate surface area is 143 Å². The Kier molecular flexibility index (Phi) is 4.20. The molecule has 7 nitrogen and oxygen atoms in total. The molecule has 132 valence electrons. The molecule has 0 aliphatic carbocycles. The number of H-pyrrole nitrogens is 1. The van der Waals surface area contributed by atoms with E-state index in [1.165, 1.54) is 19.4 Å². The Hall–Kier alpha value is -2.90. The Balaban J connectivity index is 1.89. The van der Waals surface area contributed by atoms with Crippen LogP contribution in [0.1, 0.15) is 26.3 Å². The van der Waals surface area contributed by atoms with Gasteiger partial charge in [-0.05, 0) is 38.5 Å². The van der Waals surface area contributed by atoms with E-state index in [-0.39, 0.29) is 16.8 Å². The van der Waals surface area contributed by atoms with E-state index in [0.29, 0.717) is 29.1 Å². The summed E-state index contributed by atoms with van der Waals surface area (Å²) in [5.74, 6) is 0.0509. The zero-order chi connectivity index (χ0) is 18.2. The molecule has 0 spiro atoms. The van der Waals surface area contributed by atoms with E-state index in [1.807, 2.05) is 20.8 Å². The third-order valence-corrected chi connectivity index (χ3v) is 3.75. The molecule has 3 rings (SSSR count). The lowest BCUT2D eigenvalue weighted by Gasteiger charge is -2.19. The molecule has 0 unspecified atom stereocenters. The maximum atomic E-state index is 13.8. The third kappa shape index (κ3) is 3.33. The van der Waals surface area contributed by atoms with Gasteiger partial charge in [0.25, 0.3) is 5.56 Å². The summed E-state index contributed by atoms with van der Waals surface area (Å²) >= 11 is 0. The number of aromatic amines is 1. The van der Waals surface area contributed by atoms with Gasteiger partial charge in [0.15, 0.2) is 17.2 Å². The minimum atomic E-state index is -0.440. The van der Waals surface area contributed by atoms with Gasteiger partial charge in [0.2, 0.25) is 5.95 Å². The molecule has 2 heterocycles. The molecular formula is C17H20FN5O2. The summed E-state index contributed by atoms with van der Waals surface area (Å²) in [6, 6.07) is 4.67. The number of aromatic nitrogens is 4. The number of nitrogens with zero attached hydrogens (tertiary/aromatic N) is 3. The molecule has 2 N–H and O–H groups in total. The number of halogens is 1. The molecule has 0 aliphatic rings. The van der Waals surface area contributed by atoms with Crippen LogP contribution in [0.3, 0.4) is 0 Å². The summed E-state index contributed by atoms with van der Waals surface area (Å²) in [5.41, 5.74) is 0.618. The van der Waals surface area contributed by atoms with Gasteiger partial charge in [0, 0.05) is 6.54 Å².